The van der Waals surface area contributed by atoms with Crippen molar-refractivity contribution < 1.29 is 4.74 Å². The van der Waals surface area contributed by atoms with Crippen LogP contribution in [0.5, 0.6) is 5.88 Å². The first kappa shape index (κ1) is 10.1. The average Bonchev–Trinajstić information content (AvgIpc) is 2.62. The summed E-state index contributed by atoms with van der Waals surface area (Å²) >= 11 is 0. The number of piperidine rings is 1. The van der Waals surface area contributed by atoms with Gasteiger partial charge in [-0.25, -0.2) is 4.98 Å². The van der Waals surface area contributed by atoms with Gasteiger partial charge in [-0.1, -0.05) is 6.07 Å². The number of aromatic nitrogens is 1. The average molecular weight is 218 g/mol. The molecule has 1 aromatic heterocycles. The van der Waals surface area contributed by atoms with Gasteiger partial charge in [-0.3, -0.25) is 0 Å². The van der Waals surface area contributed by atoms with Gasteiger partial charge in [0.05, 0.1) is 0 Å². The molecule has 2 fully saturated rings. The Hall–Kier alpha value is -1.09. The summed E-state index contributed by atoms with van der Waals surface area (Å²) in [5, 5.41) is 3.61. The Labute approximate surface area is 96.2 Å². The van der Waals surface area contributed by atoms with Crippen molar-refractivity contribution in [3.05, 3.63) is 23.9 Å². The Morgan fingerprint density at radius 3 is 2.62 bits per heavy atom. The van der Waals surface area contributed by atoms with Crippen LogP contribution in [0.25, 0.3) is 0 Å². The molecule has 0 amide bonds. The molecule has 1 unspecified atom stereocenters. The number of nitrogens with zero attached hydrogens (tertiary/aromatic N) is 1. The van der Waals surface area contributed by atoms with Gasteiger partial charge in [-0.05, 0) is 38.2 Å². The third kappa shape index (κ3) is 2.05. The third-order valence-electron chi connectivity index (χ3n) is 3.60. The molecule has 3 atom stereocenters. The number of hydrogen-bond acceptors (Lipinski definition) is 3. The molecule has 86 valence electrons. The summed E-state index contributed by atoms with van der Waals surface area (Å²) in [5.74, 6) is 0.775. The summed E-state index contributed by atoms with van der Waals surface area (Å²) < 4.78 is 5.94. The second-order valence-electron chi connectivity index (χ2n) is 5.02. The van der Waals surface area contributed by atoms with Crippen molar-refractivity contribution in [2.45, 2.75) is 50.8 Å². The molecule has 2 aliphatic rings. The zero-order valence-electron chi connectivity index (χ0n) is 9.65. The number of fused-ring (bicyclic) bond motifs is 2. The van der Waals surface area contributed by atoms with Crippen LogP contribution in [0.2, 0.25) is 0 Å². The van der Waals surface area contributed by atoms with E-state index in [4.69, 9.17) is 4.74 Å². The molecule has 2 bridgehead atoms. The summed E-state index contributed by atoms with van der Waals surface area (Å²) in [6, 6.07) is 5.38. The maximum atomic E-state index is 5.94. The molecule has 0 aliphatic carbocycles. The van der Waals surface area contributed by atoms with Gasteiger partial charge in [0.25, 0.3) is 0 Å². The predicted molar refractivity (Wildman–Crippen MR) is 62.6 cm³/mol. The smallest absolute Gasteiger partial charge is 0.213 e. The van der Waals surface area contributed by atoms with Gasteiger partial charge in [0.15, 0.2) is 0 Å². The highest BCUT2D eigenvalue weighted by Crippen LogP contribution is 2.29. The lowest BCUT2D eigenvalue weighted by atomic mass is 10.0. The van der Waals surface area contributed by atoms with Crippen LogP contribution in [0.3, 0.4) is 0 Å². The van der Waals surface area contributed by atoms with Crippen molar-refractivity contribution >= 4 is 0 Å². The van der Waals surface area contributed by atoms with Crippen LogP contribution in [-0.4, -0.2) is 23.2 Å². The van der Waals surface area contributed by atoms with Gasteiger partial charge in [0, 0.05) is 24.3 Å². The van der Waals surface area contributed by atoms with Crippen molar-refractivity contribution in [1.29, 1.82) is 0 Å². The topological polar surface area (TPSA) is 34.1 Å². The zero-order valence-corrected chi connectivity index (χ0v) is 9.65. The maximum absolute atomic E-state index is 5.94. The van der Waals surface area contributed by atoms with Crippen LogP contribution in [-0.2, 0) is 0 Å². The van der Waals surface area contributed by atoms with Gasteiger partial charge in [0.2, 0.25) is 5.88 Å². The van der Waals surface area contributed by atoms with Crippen LogP contribution >= 0.6 is 0 Å². The van der Waals surface area contributed by atoms with E-state index in [0.29, 0.717) is 18.2 Å². The Morgan fingerprint density at radius 2 is 2.00 bits per heavy atom. The van der Waals surface area contributed by atoms with E-state index < -0.39 is 0 Å². The van der Waals surface area contributed by atoms with Crippen molar-refractivity contribution in [3.8, 4) is 5.88 Å². The quantitative estimate of drug-likeness (QED) is 0.825. The first-order valence-corrected chi connectivity index (χ1v) is 6.15. The summed E-state index contributed by atoms with van der Waals surface area (Å²) in [4.78, 5) is 4.30. The van der Waals surface area contributed by atoms with E-state index in [2.05, 4.69) is 16.4 Å². The van der Waals surface area contributed by atoms with Crippen LogP contribution in [0.1, 0.15) is 31.2 Å². The van der Waals surface area contributed by atoms with E-state index >= 15 is 0 Å². The number of aryl methyl sites for hydroxylation is 1. The van der Waals surface area contributed by atoms with Crippen LogP contribution in [0, 0.1) is 6.92 Å². The fourth-order valence-corrected chi connectivity index (χ4v) is 2.80. The van der Waals surface area contributed by atoms with Gasteiger partial charge in [0.1, 0.15) is 6.10 Å². The Kier molecular flexibility index (Phi) is 2.56. The molecule has 0 aromatic carbocycles. The van der Waals surface area contributed by atoms with E-state index in [0.717, 1.165) is 18.7 Å². The van der Waals surface area contributed by atoms with Gasteiger partial charge >= 0.3 is 0 Å². The lowest BCUT2D eigenvalue weighted by molar-refractivity contribution is 0.132. The summed E-state index contributed by atoms with van der Waals surface area (Å²) in [7, 11) is 0. The summed E-state index contributed by atoms with van der Waals surface area (Å²) in [6.07, 6.45) is 7.11. The highest BCUT2D eigenvalue weighted by molar-refractivity contribution is 5.16. The second-order valence-corrected chi connectivity index (χ2v) is 5.02. The minimum atomic E-state index is 0.356. The first-order valence-electron chi connectivity index (χ1n) is 6.15. The zero-order chi connectivity index (χ0) is 11.0. The van der Waals surface area contributed by atoms with Crippen molar-refractivity contribution in [3.63, 3.8) is 0 Å². The molecule has 1 aromatic rings. The highest BCUT2D eigenvalue weighted by atomic mass is 16.5. The molecule has 3 rings (SSSR count). The number of pyridine rings is 1. The molecule has 3 heteroatoms. The summed E-state index contributed by atoms with van der Waals surface area (Å²) in [5.41, 5.74) is 1.18. The van der Waals surface area contributed by atoms with E-state index in [1.54, 1.807) is 0 Å². The molecular formula is C13H18N2O. The molecule has 2 aliphatic heterocycles. The van der Waals surface area contributed by atoms with Gasteiger partial charge in [-0.2, -0.15) is 0 Å². The minimum Gasteiger partial charge on any atom is -0.474 e. The van der Waals surface area contributed by atoms with Crippen molar-refractivity contribution in [2.75, 3.05) is 0 Å². The lowest BCUT2D eigenvalue weighted by Crippen LogP contribution is -2.42. The van der Waals surface area contributed by atoms with E-state index in [-0.39, 0.29) is 0 Å². The minimum absolute atomic E-state index is 0.356. The third-order valence-corrected chi connectivity index (χ3v) is 3.60. The first-order chi connectivity index (χ1) is 7.79. The Balaban J connectivity index is 1.64. The lowest BCUT2D eigenvalue weighted by Gasteiger charge is -2.29. The maximum Gasteiger partial charge on any atom is 0.213 e. The number of nitrogens with one attached hydrogen (secondary N) is 1. The van der Waals surface area contributed by atoms with Crippen LogP contribution in [0.4, 0.5) is 0 Å². The number of ether oxygens (including phenoxy) is 1. The SMILES string of the molecule is Cc1ccc(OC2C[C@H]3CC[C@@H](C2)N3)nc1. The standard InChI is InChI=1S/C13H18N2O/c1-9-2-5-13(14-8-9)16-12-6-10-3-4-11(7-12)15-10/h2,5,8,10-12,15H,3-4,6-7H2,1H3/t10-,11+,12?. The largest absolute Gasteiger partial charge is 0.474 e. The van der Waals surface area contributed by atoms with E-state index in [9.17, 15) is 0 Å². The predicted octanol–water partition coefficient (Wildman–Crippen LogP) is 2.05. The number of rotatable bonds is 2. The number of hydrogen-bond donors (Lipinski definition) is 1. The van der Waals surface area contributed by atoms with Gasteiger partial charge in [-0.15, -0.1) is 0 Å². The summed E-state index contributed by atoms with van der Waals surface area (Å²) in [6.45, 7) is 2.04. The van der Waals surface area contributed by atoms with Crippen LogP contribution < -0.4 is 10.1 Å². The molecule has 0 radical (unpaired) electrons. The molecular weight excluding hydrogens is 200 g/mol. The van der Waals surface area contributed by atoms with Crippen molar-refractivity contribution in [2.24, 2.45) is 0 Å². The molecule has 2 saturated heterocycles. The van der Waals surface area contributed by atoms with Crippen molar-refractivity contribution in [1.82, 2.24) is 10.3 Å². The second kappa shape index (κ2) is 4.06. The Bertz CT molecular complexity index is 351. The molecule has 0 spiro atoms. The highest BCUT2D eigenvalue weighted by Gasteiger charge is 2.34. The van der Waals surface area contributed by atoms with E-state index in [1.807, 2.05) is 19.2 Å². The van der Waals surface area contributed by atoms with E-state index in [1.165, 1.54) is 18.4 Å². The molecule has 3 heterocycles. The van der Waals surface area contributed by atoms with Crippen LogP contribution in [0.15, 0.2) is 18.3 Å². The molecule has 16 heavy (non-hydrogen) atoms. The molecule has 1 N–H and O–H groups in total. The Morgan fingerprint density at radius 1 is 1.25 bits per heavy atom. The molecule has 0 saturated carbocycles. The fourth-order valence-electron chi connectivity index (χ4n) is 2.80. The fraction of sp³-hybridized carbons (Fsp3) is 0.615. The van der Waals surface area contributed by atoms with Gasteiger partial charge < -0.3 is 10.1 Å². The normalized spacial score (nSPS) is 32.7. The monoisotopic (exact) mass is 218 g/mol. The molecule has 3 nitrogen and oxygen atoms in total.